The van der Waals surface area contributed by atoms with E-state index in [1.165, 1.54) is 0 Å². The van der Waals surface area contributed by atoms with Gasteiger partial charge in [-0.05, 0) is 24.7 Å². The van der Waals surface area contributed by atoms with Crippen LogP contribution in [0.3, 0.4) is 0 Å². The van der Waals surface area contributed by atoms with Gasteiger partial charge in [-0.15, -0.1) is 0 Å². The molecule has 1 aliphatic carbocycles. The highest BCUT2D eigenvalue weighted by atomic mass is 16.3. The SMILES string of the molecule is CC(CC#N)C1CCC(O)C1O. The Labute approximate surface area is 72.6 Å². The van der Waals surface area contributed by atoms with Gasteiger partial charge in [-0.1, -0.05) is 6.92 Å². The molecule has 3 nitrogen and oxygen atoms in total. The van der Waals surface area contributed by atoms with Crippen molar-refractivity contribution in [2.75, 3.05) is 0 Å². The first-order valence-corrected chi connectivity index (χ1v) is 4.40. The fourth-order valence-corrected chi connectivity index (χ4v) is 1.91. The molecular weight excluding hydrogens is 154 g/mol. The van der Waals surface area contributed by atoms with Crippen molar-refractivity contribution in [3.05, 3.63) is 0 Å². The highest BCUT2D eigenvalue weighted by Gasteiger charge is 2.36. The Hall–Kier alpha value is -0.590. The van der Waals surface area contributed by atoms with Gasteiger partial charge in [0.1, 0.15) is 0 Å². The van der Waals surface area contributed by atoms with Crippen LogP contribution in [0.5, 0.6) is 0 Å². The molecule has 1 fully saturated rings. The fraction of sp³-hybridized carbons (Fsp3) is 0.889. The topological polar surface area (TPSA) is 64.2 Å². The fourth-order valence-electron chi connectivity index (χ4n) is 1.91. The van der Waals surface area contributed by atoms with Crippen molar-refractivity contribution in [1.82, 2.24) is 0 Å². The molecule has 0 amide bonds. The van der Waals surface area contributed by atoms with Gasteiger partial charge in [0.2, 0.25) is 0 Å². The maximum atomic E-state index is 9.50. The van der Waals surface area contributed by atoms with Crippen molar-refractivity contribution in [1.29, 1.82) is 5.26 Å². The smallest absolute Gasteiger partial charge is 0.0830 e. The van der Waals surface area contributed by atoms with Crippen LogP contribution in [-0.4, -0.2) is 22.4 Å². The van der Waals surface area contributed by atoms with Gasteiger partial charge in [0.25, 0.3) is 0 Å². The van der Waals surface area contributed by atoms with E-state index in [1.807, 2.05) is 6.92 Å². The minimum atomic E-state index is -0.617. The molecule has 12 heavy (non-hydrogen) atoms. The molecule has 68 valence electrons. The molecule has 4 unspecified atom stereocenters. The molecule has 1 rings (SSSR count). The summed E-state index contributed by atoms with van der Waals surface area (Å²) in [6.45, 7) is 1.95. The largest absolute Gasteiger partial charge is 0.390 e. The van der Waals surface area contributed by atoms with Crippen molar-refractivity contribution in [2.45, 2.75) is 38.4 Å². The van der Waals surface area contributed by atoms with Crippen molar-refractivity contribution in [2.24, 2.45) is 11.8 Å². The summed E-state index contributed by atoms with van der Waals surface area (Å²) in [6, 6.07) is 2.09. The Morgan fingerprint density at radius 3 is 2.58 bits per heavy atom. The Bertz CT molecular complexity index is 187. The van der Waals surface area contributed by atoms with Gasteiger partial charge in [0.15, 0.2) is 0 Å². The Balaban J connectivity index is 2.48. The zero-order valence-corrected chi connectivity index (χ0v) is 7.27. The molecule has 0 radical (unpaired) electrons. The standard InChI is InChI=1S/C9H15NO2/c1-6(4-5-10)7-2-3-8(11)9(7)12/h6-9,11-12H,2-4H2,1H3. The molecule has 0 heterocycles. The highest BCUT2D eigenvalue weighted by Crippen LogP contribution is 2.33. The second-order valence-electron chi connectivity index (χ2n) is 3.64. The Morgan fingerprint density at radius 1 is 1.50 bits per heavy atom. The number of aliphatic hydroxyl groups is 2. The Kier molecular flexibility index (Phi) is 3.07. The minimum Gasteiger partial charge on any atom is -0.390 e. The minimum absolute atomic E-state index is 0.111. The van der Waals surface area contributed by atoms with Gasteiger partial charge in [-0.3, -0.25) is 0 Å². The third-order valence-electron chi connectivity index (χ3n) is 2.77. The van der Waals surface area contributed by atoms with Crippen LogP contribution in [0, 0.1) is 23.2 Å². The molecule has 0 aromatic rings. The molecule has 0 bridgehead atoms. The van der Waals surface area contributed by atoms with Gasteiger partial charge in [-0.25, -0.2) is 0 Å². The normalized spacial score (nSPS) is 37.7. The van der Waals surface area contributed by atoms with E-state index in [-0.39, 0.29) is 11.8 Å². The first-order valence-electron chi connectivity index (χ1n) is 4.40. The van der Waals surface area contributed by atoms with E-state index in [2.05, 4.69) is 6.07 Å². The molecule has 0 spiro atoms. The number of nitriles is 1. The lowest BCUT2D eigenvalue weighted by molar-refractivity contribution is 0.00863. The number of nitrogens with zero attached hydrogens (tertiary/aromatic N) is 1. The summed E-state index contributed by atoms with van der Waals surface area (Å²) in [5, 5.41) is 27.2. The summed E-state index contributed by atoms with van der Waals surface area (Å²) in [7, 11) is 0. The highest BCUT2D eigenvalue weighted by molar-refractivity contribution is 4.89. The number of hydrogen-bond acceptors (Lipinski definition) is 3. The summed E-state index contributed by atoms with van der Waals surface area (Å²) in [6.07, 6.45) is 0.783. The van der Waals surface area contributed by atoms with E-state index in [0.717, 1.165) is 6.42 Å². The van der Waals surface area contributed by atoms with Crippen LogP contribution in [0.15, 0.2) is 0 Å². The summed E-state index contributed by atoms with van der Waals surface area (Å²) < 4.78 is 0. The van der Waals surface area contributed by atoms with Gasteiger partial charge in [0.05, 0.1) is 18.3 Å². The second-order valence-corrected chi connectivity index (χ2v) is 3.64. The molecule has 3 heteroatoms. The maximum absolute atomic E-state index is 9.50. The lowest BCUT2D eigenvalue weighted by Crippen LogP contribution is -2.28. The van der Waals surface area contributed by atoms with Crippen molar-refractivity contribution in [3.8, 4) is 6.07 Å². The van der Waals surface area contributed by atoms with E-state index in [9.17, 15) is 10.2 Å². The van der Waals surface area contributed by atoms with Crippen LogP contribution >= 0.6 is 0 Å². The third kappa shape index (κ3) is 1.77. The number of rotatable bonds is 2. The third-order valence-corrected chi connectivity index (χ3v) is 2.77. The van der Waals surface area contributed by atoms with Crippen molar-refractivity contribution < 1.29 is 10.2 Å². The molecule has 0 aliphatic heterocycles. The second kappa shape index (κ2) is 3.88. The predicted molar refractivity (Wildman–Crippen MR) is 44.1 cm³/mol. The first-order chi connectivity index (χ1) is 5.66. The van der Waals surface area contributed by atoms with E-state index in [1.54, 1.807) is 0 Å². The van der Waals surface area contributed by atoms with Gasteiger partial charge < -0.3 is 10.2 Å². The average molecular weight is 169 g/mol. The van der Waals surface area contributed by atoms with Crippen LogP contribution < -0.4 is 0 Å². The molecule has 4 atom stereocenters. The predicted octanol–water partition coefficient (Wildman–Crippen LogP) is 0.668. The van der Waals surface area contributed by atoms with Crippen LogP contribution in [0.1, 0.15) is 26.2 Å². The zero-order valence-electron chi connectivity index (χ0n) is 7.27. The molecule has 1 saturated carbocycles. The van der Waals surface area contributed by atoms with Gasteiger partial charge in [-0.2, -0.15) is 5.26 Å². The summed E-state index contributed by atoms with van der Waals surface area (Å²) in [4.78, 5) is 0. The van der Waals surface area contributed by atoms with Crippen LogP contribution in [0.4, 0.5) is 0 Å². The van der Waals surface area contributed by atoms with Gasteiger partial charge >= 0.3 is 0 Å². The van der Waals surface area contributed by atoms with E-state index < -0.39 is 12.2 Å². The van der Waals surface area contributed by atoms with E-state index >= 15 is 0 Å². The summed E-state index contributed by atoms with van der Waals surface area (Å²) in [5.41, 5.74) is 0. The maximum Gasteiger partial charge on any atom is 0.0830 e. The molecule has 0 saturated heterocycles. The molecule has 2 N–H and O–H groups in total. The average Bonchev–Trinajstić information content (AvgIpc) is 2.34. The van der Waals surface area contributed by atoms with Crippen molar-refractivity contribution in [3.63, 3.8) is 0 Å². The molecular formula is C9H15NO2. The van der Waals surface area contributed by atoms with Crippen molar-refractivity contribution >= 4 is 0 Å². The van der Waals surface area contributed by atoms with E-state index in [4.69, 9.17) is 5.26 Å². The summed E-state index contributed by atoms with van der Waals surface area (Å²) >= 11 is 0. The molecule has 0 aromatic heterocycles. The van der Waals surface area contributed by atoms with E-state index in [0.29, 0.717) is 12.8 Å². The van der Waals surface area contributed by atoms with Crippen LogP contribution in [-0.2, 0) is 0 Å². The lowest BCUT2D eigenvalue weighted by Gasteiger charge is -2.20. The molecule has 0 aromatic carbocycles. The first kappa shape index (κ1) is 9.50. The monoisotopic (exact) mass is 169 g/mol. The number of aliphatic hydroxyl groups excluding tert-OH is 2. The summed E-state index contributed by atoms with van der Waals surface area (Å²) in [5.74, 6) is 0.307. The quantitative estimate of drug-likeness (QED) is 0.638. The number of hydrogen-bond donors (Lipinski definition) is 2. The zero-order chi connectivity index (χ0) is 9.14. The van der Waals surface area contributed by atoms with Crippen LogP contribution in [0.25, 0.3) is 0 Å². The van der Waals surface area contributed by atoms with Gasteiger partial charge in [0, 0.05) is 6.42 Å². The van der Waals surface area contributed by atoms with Crippen LogP contribution in [0.2, 0.25) is 0 Å². The lowest BCUT2D eigenvalue weighted by atomic mass is 9.88. The Morgan fingerprint density at radius 2 is 2.17 bits per heavy atom. The molecule has 1 aliphatic rings.